The number of amides is 2. The van der Waals surface area contributed by atoms with E-state index in [1.54, 1.807) is 0 Å². The number of benzene rings is 2. The van der Waals surface area contributed by atoms with Gasteiger partial charge in [-0.05, 0) is 30.9 Å². The minimum atomic E-state index is -0.554. The van der Waals surface area contributed by atoms with Gasteiger partial charge in [-0.2, -0.15) is 0 Å². The Balaban J connectivity index is 1.41. The second-order valence-corrected chi connectivity index (χ2v) is 6.71. The van der Waals surface area contributed by atoms with Crippen molar-refractivity contribution < 1.29 is 19.1 Å². The molecule has 1 aliphatic rings. The van der Waals surface area contributed by atoms with Crippen molar-refractivity contribution in [3.8, 4) is 0 Å². The molecule has 0 spiro atoms. The molecular formula is C22H25NO4. The van der Waals surface area contributed by atoms with Crippen LogP contribution in [0.3, 0.4) is 0 Å². The molecule has 1 aliphatic heterocycles. The van der Waals surface area contributed by atoms with Crippen LogP contribution in [0.4, 0.5) is 4.79 Å². The molecule has 0 aliphatic carbocycles. The number of unbranched alkanes of at least 4 members (excludes halogenated alkanes) is 1. The third-order valence-corrected chi connectivity index (χ3v) is 4.71. The Kier molecular flexibility index (Phi) is 6.60. The molecule has 0 unspecified atom stereocenters. The molecular weight excluding hydrogens is 342 g/mol. The predicted octanol–water partition coefficient (Wildman–Crippen LogP) is 4.48. The van der Waals surface area contributed by atoms with Gasteiger partial charge in [-0.15, -0.1) is 0 Å². The van der Waals surface area contributed by atoms with Crippen LogP contribution in [0.5, 0.6) is 0 Å². The Morgan fingerprint density at radius 2 is 1.70 bits per heavy atom. The molecule has 5 nitrogen and oxygen atoms in total. The van der Waals surface area contributed by atoms with Gasteiger partial charge in [0.15, 0.2) is 0 Å². The van der Waals surface area contributed by atoms with Crippen molar-refractivity contribution in [1.82, 2.24) is 4.90 Å². The van der Waals surface area contributed by atoms with Crippen LogP contribution in [0.15, 0.2) is 60.7 Å². The molecule has 0 aromatic heterocycles. The number of nitrogens with zero attached hydrogens (tertiary/aromatic N) is 1. The first kappa shape index (κ1) is 19.1. The highest BCUT2D eigenvalue weighted by molar-refractivity contribution is 5.93. The van der Waals surface area contributed by atoms with Gasteiger partial charge in [0.1, 0.15) is 6.10 Å². The number of cyclic esters (lactones) is 1. The predicted molar refractivity (Wildman–Crippen MR) is 102 cm³/mol. The Bertz CT molecular complexity index is 747. The molecule has 1 fully saturated rings. The van der Waals surface area contributed by atoms with Crippen LogP contribution >= 0.6 is 0 Å². The molecule has 0 saturated carbocycles. The third-order valence-electron chi connectivity index (χ3n) is 4.71. The normalized spacial score (nSPS) is 19.1. The summed E-state index contributed by atoms with van der Waals surface area (Å²) in [5.41, 5.74) is 2.04. The van der Waals surface area contributed by atoms with E-state index < -0.39 is 12.2 Å². The summed E-state index contributed by atoms with van der Waals surface area (Å²) in [4.78, 5) is 25.9. The molecule has 2 aromatic carbocycles. The van der Waals surface area contributed by atoms with E-state index in [1.807, 2.05) is 67.6 Å². The third kappa shape index (κ3) is 4.95. The number of carbonyl (C=O) groups is 2. The monoisotopic (exact) mass is 367 g/mol. The van der Waals surface area contributed by atoms with Crippen LogP contribution in [0.25, 0.3) is 0 Å². The Hall–Kier alpha value is -2.66. The zero-order valence-electron chi connectivity index (χ0n) is 15.5. The Labute approximate surface area is 159 Å². The highest BCUT2D eigenvalue weighted by atomic mass is 16.6. The van der Waals surface area contributed by atoms with Gasteiger partial charge in [0.2, 0.25) is 5.91 Å². The molecule has 0 radical (unpaired) electrons. The summed E-state index contributed by atoms with van der Waals surface area (Å²) >= 11 is 0. The molecule has 2 atom stereocenters. The largest absolute Gasteiger partial charge is 0.439 e. The maximum Gasteiger partial charge on any atom is 0.417 e. The van der Waals surface area contributed by atoms with E-state index in [-0.39, 0.29) is 11.9 Å². The highest BCUT2D eigenvalue weighted by Gasteiger charge is 2.42. The van der Waals surface area contributed by atoms with Crippen LogP contribution < -0.4 is 0 Å². The fourth-order valence-electron chi connectivity index (χ4n) is 3.25. The van der Waals surface area contributed by atoms with E-state index in [0.29, 0.717) is 26.1 Å². The van der Waals surface area contributed by atoms with E-state index in [4.69, 9.17) is 9.47 Å². The lowest BCUT2D eigenvalue weighted by molar-refractivity contribution is -0.129. The van der Waals surface area contributed by atoms with Crippen molar-refractivity contribution in [2.45, 2.75) is 44.9 Å². The summed E-state index contributed by atoms with van der Waals surface area (Å²) in [6.45, 7) is 3.02. The zero-order chi connectivity index (χ0) is 19.1. The number of carbonyl (C=O) groups excluding carboxylic acids is 2. The van der Waals surface area contributed by atoms with Gasteiger partial charge < -0.3 is 9.47 Å². The maximum atomic E-state index is 12.5. The first-order valence-corrected chi connectivity index (χ1v) is 9.36. The second kappa shape index (κ2) is 9.33. The maximum absolute atomic E-state index is 12.5. The summed E-state index contributed by atoms with van der Waals surface area (Å²) in [5, 5.41) is 0. The molecule has 3 rings (SSSR count). The van der Waals surface area contributed by atoms with Gasteiger partial charge >= 0.3 is 6.09 Å². The Morgan fingerprint density at radius 3 is 2.41 bits per heavy atom. The van der Waals surface area contributed by atoms with Gasteiger partial charge in [-0.25, -0.2) is 9.69 Å². The summed E-state index contributed by atoms with van der Waals surface area (Å²) in [6, 6.07) is 19.2. The van der Waals surface area contributed by atoms with Gasteiger partial charge in [0.25, 0.3) is 0 Å². The fraction of sp³-hybridized carbons (Fsp3) is 0.364. The average molecular weight is 367 g/mol. The van der Waals surface area contributed by atoms with Crippen LogP contribution in [-0.2, 0) is 20.9 Å². The van der Waals surface area contributed by atoms with Crippen molar-refractivity contribution in [1.29, 1.82) is 0 Å². The van der Waals surface area contributed by atoms with Gasteiger partial charge in [0.05, 0.1) is 12.6 Å². The topological polar surface area (TPSA) is 55.8 Å². The van der Waals surface area contributed by atoms with E-state index >= 15 is 0 Å². The number of imide groups is 1. The van der Waals surface area contributed by atoms with Crippen LogP contribution in [0, 0.1) is 0 Å². The first-order chi connectivity index (χ1) is 13.2. The number of hydrogen-bond acceptors (Lipinski definition) is 4. The fourth-order valence-corrected chi connectivity index (χ4v) is 3.25. The molecule has 5 heteroatoms. The molecule has 0 bridgehead atoms. The molecule has 2 amide bonds. The van der Waals surface area contributed by atoms with Crippen LogP contribution in [0.2, 0.25) is 0 Å². The van der Waals surface area contributed by atoms with Gasteiger partial charge in [-0.1, -0.05) is 60.7 Å². The van der Waals surface area contributed by atoms with E-state index in [0.717, 1.165) is 17.5 Å². The first-order valence-electron chi connectivity index (χ1n) is 9.36. The van der Waals surface area contributed by atoms with Crippen molar-refractivity contribution in [3.05, 3.63) is 71.8 Å². The van der Waals surface area contributed by atoms with Crippen LogP contribution in [-0.4, -0.2) is 29.5 Å². The van der Waals surface area contributed by atoms with Gasteiger partial charge in [0, 0.05) is 13.0 Å². The molecule has 0 N–H and O–H groups in total. The lowest BCUT2D eigenvalue weighted by atomic mass is 10.0. The molecule has 142 valence electrons. The number of ether oxygens (including phenoxy) is 2. The summed E-state index contributed by atoms with van der Waals surface area (Å²) in [6.07, 6.45) is 0.812. The number of rotatable bonds is 8. The zero-order valence-corrected chi connectivity index (χ0v) is 15.5. The van der Waals surface area contributed by atoms with Crippen molar-refractivity contribution >= 4 is 12.0 Å². The second-order valence-electron chi connectivity index (χ2n) is 6.71. The SMILES string of the molecule is C[C@@H]1[C@H](c2ccccc2)OC(=O)N1C(=O)CCCCOCc1ccccc1. The molecule has 2 aromatic rings. The van der Waals surface area contributed by atoms with Gasteiger partial charge in [-0.3, -0.25) is 4.79 Å². The standard InChI is InChI=1S/C22H25NO4/c1-17-21(19-12-6-3-7-13-19)27-22(25)23(17)20(24)14-8-9-15-26-16-18-10-4-2-5-11-18/h2-7,10-13,17,21H,8-9,14-16H2,1H3/t17-,21-/m1/s1. The van der Waals surface area contributed by atoms with Crippen molar-refractivity contribution in [3.63, 3.8) is 0 Å². The van der Waals surface area contributed by atoms with Crippen molar-refractivity contribution in [2.24, 2.45) is 0 Å². The lowest BCUT2D eigenvalue weighted by Crippen LogP contribution is -2.37. The molecule has 1 saturated heterocycles. The smallest absolute Gasteiger partial charge is 0.417 e. The summed E-state index contributed by atoms with van der Waals surface area (Å²) < 4.78 is 11.1. The van der Waals surface area contributed by atoms with Crippen LogP contribution in [0.1, 0.15) is 43.4 Å². The number of hydrogen-bond donors (Lipinski definition) is 0. The van der Waals surface area contributed by atoms with E-state index in [9.17, 15) is 9.59 Å². The average Bonchev–Trinajstić information content (AvgIpc) is 3.00. The minimum Gasteiger partial charge on any atom is -0.439 e. The summed E-state index contributed by atoms with van der Waals surface area (Å²) in [7, 11) is 0. The summed E-state index contributed by atoms with van der Waals surface area (Å²) in [5.74, 6) is -0.186. The molecule has 27 heavy (non-hydrogen) atoms. The highest BCUT2D eigenvalue weighted by Crippen LogP contribution is 2.32. The quantitative estimate of drug-likeness (QED) is 0.646. The lowest BCUT2D eigenvalue weighted by Gasteiger charge is -2.19. The Morgan fingerprint density at radius 1 is 1.04 bits per heavy atom. The minimum absolute atomic E-state index is 0.186. The van der Waals surface area contributed by atoms with Crippen molar-refractivity contribution in [2.75, 3.05) is 6.61 Å². The van der Waals surface area contributed by atoms with E-state index in [1.165, 1.54) is 4.90 Å². The molecule has 1 heterocycles. The van der Waals surface area contributed by atoms with E-state index in [2.05, 4.69) is 0 Å².